The van der Waals surface area contributed by atoms with E-state index >= 15 is 0 Å². The van der Waals surface area contributed by atoms with Crippen LogP contribution in [0, 0.1) is 5.92 Å². The number of hydrogen-bond acceptors (Lipinski definition) is 3. The molecule has 0 saturated heterocycles. The molecule has 2 N–H and O–H groups in total. The van der Waals surface area contributed by atoms with E-state index in [1.54, 1.807) is 18.3 Å². The summed E-state index contributed by atoms with van der Waals surface area (Å²) < 4.78 is 2.16. The number of hydrazone groups is 1. The maximum atomic E-state index is 12.7. The van der Waals surface area contributed by atoms with Gasteiger partial charge in [-0.1, -0.05) is 55.2 Å². The summed E-state index contributed by atoms with van der Waals surface area (Å²) in [6.07, 6.45) is 3.63. The van der Waals surface area contributed by atoms with Gasteiger partial charge in [0, 0.05) is 34.3 Å². The largest absolute Gasteiger partial charge is 0.344 e. The molecule has 0 aliphatic heterocycles. The van der Waals surface area contributed by atoms with Crippen LogP contribution in [0.5, 0.6) is 0 Å². The fraction of sp³-hybridized carbons (Fsp3) is 0.292. The molecule has 32 heavy (non-hydrogen) atoms. The molecule has 0 radical (unpaired) electrons. The second-order valence-corrected chi connectivity index (χ2v) is 8.98. The smallest absolute Gasteiger partial charge is 0.262 e. The molecule has 3 rings (SSSR count). The highest BCUT2D eigenvalue weighted by molar-refractivity contribution is 6.42. The van der Waals surface area contributed by atoms with Crippen LogP contribution in [-0.4, -0.2) is 28.6 Å². The first-order chi connectivity index (χ1) is 15.2. The van der Waals surface area contributed by atoms with E-state index in [0.29, 0.717) is 16.6 Å². The molecule has 1 aromatic heterocycles. The Morgan fingerprint density at radius 2 is 1.75 bits per heavy atom. The number of halogens is 2. The van der Waals surface area contributed by atoms with Gasteiger partial charge in [-0.25, -0.2) is 5.43 Å². The van der Waals surface area contributed by atoms with E-state index in [-0.39, 0.29) is 10.9 Å². The summed E-state index contributed by atoms with van der Waals surface area (Å²) in [4.78, 5) is 25.3. The number of nitrogens with one attached hydrogen (secondary N) is 2. The van der Waals surface area contributed by atoms with E-state index in [2.05, 4.69) is 40.3 Å². The van der Waals surface area contributed by atoms with Crippen LogP contribution in [0.25, 0.3) is 10.9 Å². The van der Waals surface area contributed by atoms with Crippen LogP contribution < -0.4 is 10.7 Å². The first-order valence-electron chi connectivity index (χ1n) is 10.4. The third-order valence-corrected chi connectivity index (χ3v) is 5.86. The number of aromatic nitrogens is 1. The van der Waals surface area contributed by atoms with Crippen molar-refractivity contribution >= 4 is 52.1 Å². The first kappa shape index (κ1) is 23.8. The quantitative estimate of drug-likeness (QED) is 0.355. The molecule has 0 saturated carbocycles. The molecule has 0 bridgehead atoms. The summed E-state index contributed by atoms with van der Waals surface area (Å²) in [5.41, 5.74) is 4.87. The van der Waals surface area contributed by atoms with Crippen LogP contribution in [0.15, 0.2) is 53.8 Å². The van der Waals surface area contributed by atoms with Gasteiger partial charge in [-0.05, 0) is 44.0 Å². The first-order valence-corrected chi connectivity index (χ1v) is 11.1. The molecular weight excluding hydrogens is 447 g/mol. The van der Waals surface area contributed by atoms with Gasteiger partial charge in [0.05, 0.1) is 16.3 Å². The van der Waals surface area contributed by atoms with Gasteiger partial charge in [0.15, 0.2) is 0 Å². The Balaban J connectivity index is 1.73. The summed E-state index contributed by atoms with van der Waals surface area (Å²) in [6.45, 7) is 7.91. The average molecular weight is 473 g/mol. The minimum absolute atomic E-state index is 0.153. The number of carbonyl (C=O) groups excluding carboxylic acids is 2. The van der Waals surface area contributed by atoms with Gasteiger partial charge in [0.25, 0.3) is 11.8 Å². The zero-order chi connectivity index (χ0) is 23.4. The van der Waals surface area contributed by atoms with E-state index < -0.39 is 17.9 Å². The lowest BCUT2D eigenvalue weighted by Gasteiger charge is -2.20. The van der Waals surface area contributed by atoms with Crippen LogP contribution >= 0.6 is 23.2 Å². The van der Waals surface area contributed by atoms with Gasteiger partial charge in [-0.15, -0.1) is 0 Å². The fourth-order valence-electron chi connectivity index (χ4n) is 3.39. The van der Waals surface area contributed by atoms with Crippen LogP contribution in [0.1, 0.15) is 49.7 Å². The minimum atomic E-state index is -0.772. The van der Waals surface area contributed by atoms with E-state index in [0.717, 1.165) is 16.5 Å². The number of hydrogen-bond donors (Lipinski definition) is 2. The third-order valence-electron chi connectivity index (χ3n) is 5.12. The summed E-state index contributed by atoms with van der Waals surface area (Å²) in [7, 11) is 0. The van der Waals surface area contributed by atoms with Crippen molar-refractivity contribution in [3.63, 3.8) is 0 Å². The van der Waals surface area contributed by atoms with Crippen molar-refractivity contribution in [1.82, 2.24) is 15.3 Å². The lowest BCUT2D eigenvalue weighted by Crippen LogP contribution is -2.48. The van der Waals surface area contributed by atoms with Gasteiger partial charge in [0.1, 0.15) is 6.04 Å². The summed E-state index contributed by atoms with van der Waals surface area (Å²) >= 11 is 11.9. The standard InChI is InChI=1S/C24H26Cl2N4O2/c1-14(2)22(28-23(31)16-9-10-19(25)20(26)11-16)24(32)29-27-12-17-13-30(15(3)4)21-8-6-5-7-18(17)21/h5-15,22H,1-4H3,(H,28,31)(H,29,32). The number of para-hydroxylation sites is 1. The van der Waals surface area contributed by atoms with Crippen molar-refractivity contribution in [3.8, 4) is 0 Å². The monoisotopic (exact) mass is 472 g/mol. The molecule has 2 aromatic carbocycles. The number of amides is 2. The Bertz CT molecular complexity index is 1170. The Labute approximate surface area is 197 Å². The van der Waals surface area contributed by atoms with Crippen molar-refractivity contribution < 1.29 is 9.59 Å². The number of fused-ring (bicyclic) bond motifs is 1. The van der Waals surface area contributed by atoms with Crippen LogP contribution in [0.4, 0.5) is 0 Å². The number of nitrogens with zero attached hydrogens (tertiary/aromatic N) is 2. The van der Waals surface area contributed by atoms with E-state index in [1.807, 2.05) is 38.2 Å². The van der Waals surface area contributed by atoms with Crippen molar-refractivity contribution in [2.75, 3.05) is 0 Å². The molecular formula is C24H26Cl2N4O2. The summed E-state index contributed by atoms with van der Waals surface area (Å²) in [5.74, 6) is -0.974. The van der Waals surface area contributed by atoms with Crippen molar-refractivity contribution in [3.05, 3.63) is 69.8 Å². The number of carbonyl (C=O) groups is 2. The Kier molecular flexibility index (Phi) is 7.59. The second kappa shape index (κ2) is 10.2. The molecule has 0 fully saturated rings. The summed E-state index contributed by atoms with van der Waals surface area (Å²) in [6, 6.07) is 12.1. The molecule has 6 nitrogen and oxygen atoms in total. The third kappa shape index (κ3) is 5.31. The van der Waals surface area contributed by atoms with Crippen LogP contribution in [0.3, 0.4) is 0 Å². The number of rotatable bonds is 7. The van der Waals surface area contributed by atoms with Gasteiger partial charge in [-0.3, -0.25) is 9.59 Å². The average Bonchev–Trinajstić information content (AvgIpc) is 3.12. The van der Waals surface area contributed by atoms with Gasteiger partial charge in [0.2, 0.25) is 0 Å². The fourth-order valence-corrected chi connectivity index (χ4v) is 3.69. The normalized spacial score (nSPS) is 12.6. The molecule has 1 heterocycles. The molecule has 0 aliphatic rings. The van der Waals surface area contributed by atoms with Crippen molar-refractivity contribution in [2.45, 2.75) is 39.8 Å². The lowest BCUT2D eigenvalue weighted by molar-refractivity contribution is -0.123. The highest BCUT2D eigenvalue weighted by Crippen LogP contribution is 2.24. The SMILES string of the molecule is CC(C)C(NC(=O)c1ccc(Cl)c(Cl)c1)C(=O)NN=Cc1cn(C(C)C)c2ccccc12. The molecule has 8 heteroatoms. The Morgan fingerprint density at radius 3 is 2.41 bits per heavy atom. The topological polar surface area (TPSA) is 75.5 Å². The highest BCUT2D eigenvalue weighted by atomic mass is 35.5. The predicted octanol–water partition coefficient (Wildman–Crippen LogP) is 5.43. The maximum Gasteiger partial charge on any atom is 0.262 e. The molecule has 0 spiro atoms. The van der Waals surface area contributed by atoms with Gasteiger partial charge >= 0.3 is 0 Å². The van der Waals surface area contributed by atoms with Crippen molar-refractivity contribution in [1.29, 1.82) is 0 Å². The van der Waals surface area contributed by atoms with E-state index in [1.165, 1.54) is 6.07 Å². The molecule has 0 aliphatic carbocycles. The van der Waals surface area contributed by atoms with E-state index in [4.69, 9.17) is 23.2 Å². The van der Waals surface area contributed by atoms with Gasteiger partial charge < -0.3 is 9.88 Å². The lowest BCUT2D eigenvalue weighted by atomic mass is 10.0. The zero-order valence-corrected chi connectivity index (χ0v) is 19.9. The maximum absolute atomic E-state index is 12.7. The zero-order valence-electron chi connectivity index (χ0n) is 18.4. The number of benzene rings is 2. The second-order valence-electron chi connectivity index (χ2n) is 8.16. The molecule has 168 valence electrons. The van der Waals surface area contributed by atoms with Gasteiger partial charge in [-0.2, -0.15) is 5.10 Å². The molecule has 1 unspecified atom stereocenters. The predicted molar refractivity (Wildman–Crippen MR) is 131 cm³/mol. The van der Waals surface area contributed by atoms with E-state index in [9.17, 15) is 9.59 Å². The molecule has 3 aromatic rings. The van der Waals surface area contributed by atoms with Crippen LogP contribution in [0.2, 0.25) is 10.0 Å². The Morgan fingerprint density at radius 1 is 1.03 bits per heavy atom. The highest BCUT2D eigenvalue weighted by Gasteiger charge is 2.24. The minimum Gasteiger partial charge on any atom is -0.344 e. The van der Waals surface area contributed by atoms with Crippen LogP contribution in [-0.2, 0) is 4.79 Å². The molecule has 2 amide bonds. The Hall–Kier alpha value is -2.83. The summed E-state index contributed by atoms with van der Waals surface area (Å²) in [5, 5.41) is 8.57. The van der Waals surface area contributed by atoms with Crippen molar-refractivity contribution in [2.24, 2.45) is 11.0 Å². The molecule has 1 atom stereocenters.